The normalized spacial score (nSPS) is 11.3. The fraction of sp³-hybridized carbons (Fsp3) is 0.273. The molecular formula is C44H41Cl2F3N2O8. The average Bonchev–Trinajstić information content (AvgIpc) is 3.65. The summed E-state index contributed by atoms with van der Waals surface area (Å²) in [6.45, 7) is 6.02. The van der Waals surface area contributed by atoms with Crippen molar-refractivity contribution in [3.63, 3.8) is 0 Å². The molecule has 0 fully saturated rings. The van der Waals surface area contributed by atoms with Gasteiger partial charge in [0.2, 0.25) is 0 Å². The van der Waals surface area contributed by atoms with Gasteiger partial charge in [-0.1, -0.05) is 83.9 Å². The number of carbonyl (C=O) groups excluding carboxylic acids is 2. The predicted octanol–water partition coefficient (Wildman–Crippen LogP) is 10.4. The van der Waals surface area contributed by atoms with Crippen molar-refractivity contribution in [1.82, 2.24) is 9.13 Å². The lowest BCUT2D eigenvalue weighted by Crippen LogP contribution is -2.15. The molecule has 0 amide bonds. The second-order valence-electron chi connectivity index (χ2n) is 13.5. The number of ether oxygens (including phenoxy) is 2. The van der Waals surface area contributed by atoms with Crippen LogP contribution in [-0.4, -0.2) is 56.4 Å². The molecule has 10 nitrogen and oxygen atoms in total. The number of benzene rings is 4. The first-order valence-electron chi connectivity index (χ1n) is 18.6. The molecule has 4 aromatic carbocycles. The van der Waals surface area contributed by atoms with E-state index in [-0.39, 0.29) is 61.2 Å². The van der Waals surface area contributed by atoms with Crippen molar-refractivity contribution in [3.05, 3.63) is 140 Å². The van der Waals surface area contributed by atoms with Gasteiger partial charge < -0.3 is 28.8 Å². The van der Waals surface area contributed by atoms with Crippen LogP contribution in [0, 0.1) is 6.92 Å². The maximum absolute atomic E-state index is 13.9. The van der Waals surface area contributed by atoms with Crippen LogP contribution in [0.1, 0.15) is 81.0 Å². The zero-order chi connectivity index (χ0) is 43.0. The van der Waals surface area contributed by atoms with Crippen molar-refractivity contribution < 1.29 is 52.0 Å². The number of alkyl halides is 3. The van der Waals surface area contributed by atoms with Gasteiger partial charge >= 0.3 is 30.1 Å². The summed E-state index contributed by atoms with van der Waals surface area (Å²) in [6, 6.07) is 25.0. The summed E-state index contributed by atoms with van der Waals surface area (Å²) in [4.78, 5) is 48.1. The Morgan fingerprint density at radius 1 is 0.678 bits per heavy atom. The topological polar surface area (TPSA) is 137 Å². The zero-order valence-corrected chi connectivity index (χ0v) is 33.9. The molecule has 0 aliphatic rings. The zero-order valence-electron chi connectivity index (χ0n) is 32.4. The second-order valence-corrected chi connectivity index (χ2v) is 14.3. The summed E-state index contributed by atoms with van der Waals surface area (Å²) in [5, 5.41) is 18.8. The fourth-order valence-corrected chi connectivity index (χ4v) is 7.74. The summed E-state index contributed by atoms with van der Waals surface area (Å²) in [6.07, 6.45) is -5.41. The van der Waals surface area contributed by atoms with Gasteiger partial charge in [0.25, 0.3) is 0 Å². The van der Waals surface area contributed by atoms with E-state index < -0.39 is 47.1 Å². The van der Waals surface area contributed by atoms with Gasteiger partial charge in [0, 0.05) is 42.2 Å². The number of aryl methyl sites for hydroxylation is 3. The minimum atomic E-state index is -4.81. The number of fused-ring (bicyclic) bond motifs is 2. The van der Waals surface area contributed by atoms with Crippen LogP contribution >= 0.6 is 23.2 Å². The number of aromatic nitrogens is 2. The largest absolute Gasteiger partial charge is 0.481 e. The molecule has 15 heteroatoms. The van der Waals surface area contributed by atoms with E-state index in [4.69, 9.17) is 37.8 Å². The second kappa shape index (κ2) is 19.3. The van der Waals surface area contributed by atoms with E-state index in [0.717, 1.165) is 33.7 Å². The Labute approximate surface area is 347 Å². The standard InChI is InChI=1S/C22H19ClF3NO4.C22H22ClNO4/c1-2-31-21(30)20-14(8-11-17(28)29)18-16(10-9-15(23)19(18)22(24,25)26)27(20)12-13-6-4-3-5-7-13;1-3-28-22(27)21-16(9-10-19(25)26)17-11-14(2)12-18(23)20(17)24(21)13-15-7-5-4-6-8-15/h3-7,9-10H,2,8,11-12H2,1H3,(H,28,29);4-8,11-12H,3,9-10,13H2,1-2H3,(H,25,26). The minimum absolute atomic E-state index is 0.0109. The highest BCUT2D eigenvalue weighted by molar-refractivity contribution is 6.35. The summed E-state index contributed by atoms with van der Waals surface area (Å²) in [5.74, 6) is -3.41. The molecule has 2 heterocycles. The van der Waals surface area contributed by atoms with Crippen molar-refractivity contribution in [1.29, 1.82) is 0 Å². The number of rotatable bonds is 14. The number of carboxylic acids is 2. The lowest BCUT2D eigenvalue weighted by atomic mass is 10.0. The molecule has 310 valence electrons. The number of hydrogen-bond donors (Lipinski definition) is 2. The van der Waals surface area contributed by atoms with E-state index in [1.807, 2.05) is 54.0 Å². The van der Waals surface area contributed by atoms with Gasteiger partial charge in [-0.3, -0.25) is 9.59 Å². The Kier molecular flexibility index (Phi) is 14.5. The number of aliphatic carboxylic acids is 2. The third kappa shape index (κ3) is 10.3. The number of esters is 2. The van der Waals surface area contributed by atoms with Crippen LogP contribution < -0.4 is 0 Å². The highest BCUT2D eigenvalue weighted by atomic mass is 35.5. The lowest BCUT2D eigenvalue weighted by Gasteiger charge is -2.13. The Hall–Kier alpha value is -5.79. The summed E-state index contributed by atoms with van der Waals surface area (Å²) in [5.41, 5.74) is 3.35. The number of nitrogens with zero attached hydrogens (tertiary/aromatic N) is 2. The minimum Gasteiger partial charge on any atom is -0.481 e. The Bertz CT molecular complexity index is 2500. The Balaban J connectivity index is 0.000000225. The molecule has 0 atom stereocenters. The number of hydrogen-bond acceptors (Lipinski definition) is 6. The molecule has 0 saturated heterocycles. The molecule has 2 N–H and O–H groups in total. The molecule has 0 bridgehead atoms. The van der Waals surface area contributed by atoms with Crippen molar-refractivity contribution in [2.24, 2.45) is 0 Å². The maximum atomic E-state index is 13.9. The lowest BCUT2D eigenvalue weighted by molar-refractivity contribution is -0.138. The molecule has 59 heavy (non-hydrogen) atoms. The van der Waals surface area contributed by atoms with Crippen molar-refractivity contribution in [2.75, 3.05) is 13.2 Å². The van der Waals surface area contributed by atoms with Gasteiger partial charge in [0.1, 0.15) is 11.4 Å². The van der Waals surface area contributed by atoms with Crippen LogP contribution in [0.5, 0.6) is 0 Å². The van der Waals surface area contributed by atoms with E-state index in [9.17, 15) is 37.5 Å². The molecule has 0 saturated carbocycles. The molecule has 0 radical (unpaired) electrons. The third-order valence-corrected chi connectivity index (χ3v) is 10.0. The summed E-state index contributed by atoms with van der Waals surface area (Å²) < 4.78 is 55.6. The molecule has 2 aromatic heterocycles. The predicted molar refractivity (Wildman–Crippen MR) is 219 cm³/mol. The highest BCUT2D eigenvalue weighted by Gasteiger charge is 2.39. The van der Waals surface area contributed by atoms with Gasteiger partial charge in [-0.25, -0.2) is 9.59 Å². The van der Waals surface area contributed by atoms with E-state index in [1.54, 1.807) is 44.2 Å². The van der Waals surface area contributed by atoms with Crippen LogP contribution in [0.4, 0.5) is 13.2 Å². The monoisotopic (exact) mass is 852 g/mol. The van der Waals surface area contributed by atoms with Crippen LogP contribution in [-0.2, 0) is 51.2 Å². The van der Waals surface area contributed by atoms with E-state index in [1.165, 1.54) is 10.6 Å². The van der Waals surface area contributed by atoms with Crippen molar-refractivity contribution >= 4 is 68.9 Å². The van der Waals surface area contributed by atoms with Crippen molar-refractivity contribution in [2.45, 2.75) is 65.7 Å². The van der Waals surface area contributed by atoms with Gasteiger partial charge in [0.15, 0.2) is 0 Å². The van der Waals surface area contributed by atoms with Crippen LogP contribution in [0.25, 0.3) is 21.8 Å². The molecule has 0 unspecified atom stereocenters. The number of carboxylic acid groups (broad SMARTS) is 2. The first-order valence-corrected chi connectivity index (χ1v) is 19.4. The van der Waals surface area contributed by atoms with Gasteiger partial charge in [0.05, 0.1) is 34.3 Å². The van der Waals surface area contributed by atoms with E-state index in [0.29, 0.717) is 22.8 Å². The van der Waals surface area contributed by atoms with Gasteiger partial charge in [-0.05, 0) is 85.7 Å². The van der Waals surface area contributed by atoms with E-state index in [2.05, 4.69) is 0 Å². The van der Waals surface area contributed by atoms with Crippen LogP contribution in [0.3, 0.4) is 0 Å². The van der Waals surface area contributed by atoms with E-state index >= 15 is 0 Å². The number of halogens is 5. The molecular weight excluding hydrogens is 812 g/mol. The SMILES string of the molecule is CCOC(=O)c1c(CCC(=O)O)c2c(C(F)(F)F)c(Cl)ccc2n1Cc1ccccc1.CCOC(=O)c1c(CCC(=O)O)c2cc(C)cc(Cl)c2n1Cc1ccccc1. The van der Waals surface area contributed by atoms with Gasteiger partial charge in [-0.15, -0.1) is 0 Å². The highest BCUT2D eigenvalue weighted by Crippen LogP contribution is 2.44. The van der Waals surface area contributed by atoms with Crippen LogP contribution in [0.15, 0.2) is 84.9 Å². The first-order chi connectivity index (χ1) is 28.1. The molecule has 0 aliphatic carbocycles. The Morgan fingerprint density at radius 3 is 1.66 bits per heavy atom. The quantitative estimate of drug-likeness (QED) is 0.103. The average molecular weight is 854 g/mol. The fourth-order valence-electron chi connectivity index (χ4n) is 7.10. The summed E-state index contributed by atoms with van der Waals surface area (Å²) in [7, 11) is 0. The maximum Gasteiger partial charge on any atom is 0.418 e. The third-order valence-electron chi connectivity index (χ3n) is 9.41. The number of carbonyl (C=O) groups is 4. The van der Waals surface area contributed by atoms with Crippen molar-refractivity contribution in [3.8, 4) is 0 Å². The smallest absolute Gasteiger partial charge is 0.418 e. The summed E-state index contributed by atoms with van der Waals surface area (Å²) >= 11 is 12.5. The Morgan fingerprint density at radius 2 is 1.17 bits per heavy atom. The first kappa shape index (κ1) is 44.3. The van der Waals surface area contributed by atoms with Crippen LogP contribution in [0.2, 0.25) is 10.0 Å². The molecule has 6 rings (SSSR count). The molecule has 0 aliphatic heterocycles. The molecule has 0 spiro atoms. The molecule has 6 aromatic rings. The van der Waals surface area contributed by atoms with Gasteiger partial charge in [-0.2, -0.15) is 13.2 Å².